The molecule has 0 aliphatic heterocycles. The summed E-state index contributed by atoms with van der Waals surface area (Å²) in [6.45, 7) is 12.1. The summed E-state index contributed by atoms with van der Waals surface area (Å²) in [6.07, 6.45) is 0.933. The highest BCUT2D eigenvalue weighted by Crippen LogP contribution is 2.36. The molecule has 0 aliphatic rings. The Bertz CT molecular complexity index is 251. The minimum absolute atomic E-state index is 0.173. The number of carbonyl (C=O) groups excluding carboxylic acids is 1. The second-order valence-corrected chi connectivity index (χ2v) is 10.7. The third-order valence-corrected chi connectivity index (χ3v) is 7.85. The van der Waals surface area contributed by atoms with Crippen LogP contribution in [0.2, 0.25) is 18.1 Å². The summed E-state index contributed by atoms with van der Waals surface area (Å²) in [5.74, 6) is 0. The van der Waals surface area contributed by atoms with Crippen molar-refractivity contribution >= 4 is 26.1 Å². The van der Waals surface area contributed by atoms with Crippen LogP contribution in [0, 0.1) is 0 Å². The predicted octanol–water partition coefficient (Wildman–Crippen LogP) is 4.14. The van der Waals surface area contributed by atoms with E-state index in [1.165, 1.54) is 0 Å². The highest BCUT2D eigenvalue weighted by molar-refractivity contribution is 6.74. The Hall–Kier alpha value is -0.263. The van der Waals surface area contributed by atoms with Crippen LogP contribution in [0.15, 0.2) is 0 Å². The van der Waals surface area contributed by atoms with Crippen LogP contribution in [0.4, 0.5) is 4.79 Å². The number of hydrogen-bond donors (Lipinski definition) is 0. The Morgan fingerprint density at radius 2 is 1.67 bits per heavy atom. The molecule has 0 atom stereocenters. The van der Waals surface area contributed by atoms with Gasteiger partial charge < -0.3 is 13.9 Å². The normalized spacial score (nSPS) is 12.3. The average molecular weight is 297 g/mol. The molecule has 0 spiro atoms. The quantitative estimate of drug-likeness (QED) is 0.306. The molecule has 0 radical (unpaired) electrons. The van der Waals surface area contributed by atoms with Crippen molar-refractivity contribution in [2.24, 2.45) is 0 Å². The molecule has 0 saturated heterocycles. The molecule has 0 aliphatic carbocycles. The summed E-state index contributed by atoms with van der Waals surface area (Å²) >= 11 is 5.21. The molecular formula is C12H25ClO4Si. The van der Waals surface area contributed by atoms with Gasteiger partial charge in [-0.3, -0.25) is 0 Å². The largest absolute Gasteiger partial charge is 0.509 e. The van der Waals surface area contributed by atoms with Crippen LogP contribution in [0.1, 0.15) is 33.6 Å². The Balaban J connectivity index is 3.60. The molecule has 0 N–H and O–H groups in total. The van der Waals surface area contributed by atoms with Gasteiger partial charge in [-0.1, -0.05) is 32.4 Å². The number of halogens is 1. The second kappa shape index (κ2) is 8.02. The second-order valence-electron chi connectivity index (χ2n) is 5.67. The van der Waals surface area contributed by atoms with Crippen LogP contribution in [0.5, 0.6) is 0 Å². The summed E-state index contributed by atoms with van der Waals surface area (Å²) in [7, 11) is -1.65. The summed E-state index contributed by atoms with van der Waals surface area (Å²) < 4.78 is 15.2. The molecule has 0 fully saturated rings. The van der Waals surface area contributed by atoms with Crippen molar-refractivity contribution in [1.29, 1.82) is 0 Å². The number of carbonyl (C=O) groups is 1. The van der Waals surface area contributed by atoms with E-state index in [2.05, 4.69) is 38.6 Å². The maximum Gasteiger partial charge on any atom is 0.509 e. The molecule has 0 heterocycles. The monoisotopic (exact) mass is 296 g/mol. The van der Waals surface area contributed by atoms with Gasteiger partial charge in [0.1, 0.15) is 0 Å². The third-order valence-electron chi connectivity index (χ3n) is 3.20. The lowest BCUT2D eigenvalue weighted by molar-refractivity contribution is 0.0655. The van der Waals surface area contributed by atoms with E-state index < -0.39 is 14.5 Å². The lowest BCUT2D eigenvalue weighted by atomic mass is 10.2. The Kier molecular flexibility index (Phi) is 7.90. The summed E-state index contributed by atoms with van der Waals surface area (Å²) in [6, 6.07) is -0.173. The Morgan fingerprint density at radius 1 is 1.11 bits per heavy atom. The van der Waals surface area contributed by atoms with E-state index in [1.807, 2.05) is 0 Å². The van der Waals surface area contributed by atoms with E-state index >= 15 is 0 Å². The minimum atomic E-state index is -1.65. The van der Waals surface area contributed by atoms with Gasteiger partial charge in [0.05, 0.1) is 6.61 Å². The molecule has 0 rings (SSSR count). The van der Waals surface area contributed by atoms with Crippen LogP contribution in [0.3, 0.4) is 0 Å². The summed E-state index contributed by atoms with van der Waals surface area (Å²) in [5.41, 5.74) is 0. The third kappa shape index (κ3) is 7.23. The van der Waals surface area contributed by atoms with Crippen LogP contribution in [-0.2, 0) is 13.9 Å². The van der Waals surface area contributed by atoms with Crippen molar-refractivity contribution in [3.05, 3.63) is 0 Å². The molecule has 0 saturated carbocycles. The van der Waals surface area contributed by atoms with Crippen LogP contribution in [0.25, 0.3) is 0 Å². The maximum atomic E-state index is 10.8. The van der Waals surface area contributed by atoms with Crippen molar-refractivity contribution < 1.29 is 18.7 Å². The van der Waals surface area contributed by atoms with Gasteiger partial charge in [0.2, 0.25) is 0 Å². The zero-order valence-corrected chi connectivity index (χ0v) is 13.8. The van der Waals surface area contributed by atoms with E-state index in [1.54, 1.807) is 0 Å². The molecule has 0 bridgehead atoms. The van der Waals surface area contributed by atoms with Gasteiger partial charge in [0.15, 0.2) is 14.4 Å². The average Bonchev–Trinajstić information content (AvgIpc) is 2.21. The molecule has 0 aromatic heterocycles. The van der Waals surface area contributed by atoms with Crippen molar-refractivity contribution in [1.82, 2.24) is 0 Å². The standard InChI is InChI=1S/C12H25ClO4Si/c1-12(2,3)18(4,5)17-9-7-6-8-15-11(14)16-10-13/h6-10H2,1-5H3. The van der Waals surface area contributed by atoms with E-state index in [9.17, 15) is 4.79 Å². The minimum Gasteiger partial charge on any atom is -0.434 e. The fourth-order valence-corrected chi connectivity index (χ4v) is 2.17. The van der Waals surface area contributed by atoms with Gasteiger partial charge in [-0.25, -0.2) is 4.79 Å². The first-order chi connectivity index (χ1) is 8.20. The van der Waals surface area contributed by atoms with E-state index in [4.69, 9.17) is 20.8 Å². The maximum absolute atomic E-state index is 10.8. The van der Waals surface area contributed by atoms with Crippen molar-refractivity contribution in [3.8, 4) is 0 Å². The molecule has 18 heavy (non-hydrogen) atoms. The van der Waals surface area contributed by atoms with Gasteiger partial charge in [-0.15, -0.1) is 0 Å². The van der Waals surface area contributed by atoms with Crippen molar-refractivity contribution in [2.75, 3.05) is 19.3 Å². The van der Waals surface area contributed by atoms with Gasteiger partial charge in [-0.05, 0) is 31.0 Å². The molecule has 0 aromatic carbocycles. The molecular weight excluding hydrogens is 272 g/mol. The van der Waals surface area contributed by atoms with Crippen LogP contribution < -0.4 is 0 Å². The summed E-state index contributed by atoms with van der Waals surface area (Å²) in [5, 5.41) is 0.230. The zero-order chi connectivity index (χ0) is 14.2. The van der Waals surface area contributed by atoms with E-state index in [0.717, 1.165) is 12.8 Å². The molecule has 108 valence electrons. The lowest BCUT2D eigenvalue weighted by Gasteiger charge is -2.36. The Morgan fingerprint density at radius 3 is 2.17 bits per heavy atom. The fraction of sp³-hybridized carbons (Fsp3) is 0.917. The van der Waals surface area contributed by atoms with Gasteiger partial charge in [-0.2, -0.15) is 0 Å². The first-order valence-corrected chi connectivity index (χ1v) is 9.64. The number of unbranched alkanes of at least 4 members (excludes halogenated alkanes) is 1. The highest BCUT2D eigenvalue weighted by atomic mass is 35.5. The fourth-order valence-electron chi connectivity index (χ4n) is 0.990. The SMILES string of the molecule is CC(C)(C)[Si](C)(C)OCCCCOC(=O)OCCl. The predicted molar refractivity (Wildman–Crippen MR) is 75.5 cm³/mol. The van der Waals surface area contributed by atoms with Crippen molar-refractivity contribution in [3.63, 3.8) is 0 Å². The molecule has 4 nitrogen and oxygen atoms in total. The first-order valence-electron chi connectivity index (χ1n) is 6.20. The van der Waals surface area contributed by atoms with Gasteiger partial charge in [0.25, 0.3) is 0 Å². The molecule has 0 aromatic rings. The van der Waals surface area contributed by atoms with Gasteiger partial charge >= 0.3 is 6.16 Å². The van der Waals surface area contributed by atoms with Crippen molar-refractivity contribution in [2.45, 2.75) is 51.7 Å². The molecule has 0 amide bonds. The number of hydrogen-bond acceptors (Lipinski definition) is 4. The number of ether oxygens (including phenoxy) is 2. The number of rotatable bonds is 7. The van der Waals surface area contributed by atoms with E-state index in [0.29, 0.717) is 13.2 Å². The Labute approximate surface area is 116 Å². The number of alkyl halides is 1. The lowest BCUT2D eigenvalue weighted by Crippen LogP contribution is -2.41. The summed E-state index contributed by atoms with van der Waals surface area (Å²) in [4.78, 5) is 10.8. The van der Waals surface area contributed by atoms with Crippen LogP contribution in [-0.4, -0.2) is 33.8 Å². The topological polar surface area (TPSA) is 44.8 Å². The first kappa shape index (κ1) is 17.7. The smallest absolute Gasteiger partial charge is 0.434 e. The van der Waals surface area contributed by atoms with Gasteiger partial charge in [0, 0.05) is 6.61 Å². The molecule has 6 heteroatoms. The zero-order valence-electron chi connectivity index (χ0n) is 12.0. The highest BCUT2D eigenvalue weighted by Gasteiger charge is 2.36. The van der Waals surface area contributed by atoms with E-state index in [-0.39, 0.29) is 11.1 Å². The van der Waals surface area contributed by atoms with Crippen LogP contribution >= 0.6 is 11.6 Å². The molecule has 0 unspecified atom stereocenters.